The van der Waals surface area contributed by atoms with Gasteiger partial charge in [-0.05, 0) is 26.3 Å². The zero-order valence-corrected chi connectivity index (χ0v) is 17.2. The molecule has 1 fully saturated rings. The van der Waals surface area contributed by atoms with Crippen LogP contribution in [-0.2, 0) is 4.79 Å². The van der Waals surface area contributed by atoms with Crippen LogP contribution >= 0.6 is 11.6 Å². The Labute approximate surface area is 172 Å². The maximum atomic E-state index is 12.7. The van der Waals surface area contributed by atoms with E-state index in [0.717, 1.165) is 6.42 Å². The first-order valence-electron chi connectivity index (χ1n) is 9.46. The van der Waals surface area contributed by atoms with E-state index >= 15 is 0 Å². The molecule has 10 heteroatoms. The molecule has 0 bridgehead atoms. The van der Waals surface area contributed by atoms with E-state index < -0.39 is 0 Å². The van der Waals surface area contributed by atoms with Gasteiger partial charge in [0.1, 0.15) is 11.8 Å². The van der Waals surface area contributed by atoms with Gasteiger partial charge in [0.05, 0.1) is 16.9 Å². The van der Waals surface area contributed by atoms with Crippen LogP contribution < -0.4 is 10.9 Å². The predicted octanol–water partition coefficient (Wildman–Crippen LogP) is 2.22. The number of aromatic nitrogens is 5. The van der Waals surface area contributed by atoms with Crippen molar-refractivity contribution in [2.24, 2.45) is 0 Å². The van der Waals surface area contributed by atoms with Crippen molar-refractivity contribution in [2.75, 3.05) is 18.9 Å². The van der Waals surface area contributed by atoms with Crippen LogP contribution in [-0.4, -0.2) is 54.6 Å². The predicted molar refractivity (Wildman–Crippen MR) is 110 cm³/mol. The average molecular weight is 416 g/mol. The number of nitrogens with zero attached hydrogens (tertiary/aromatic N) is 6. The summed E-state index contributed by atoms with van der Waals surface area (Å²) in [7, 11) is 1.80. The van der Waals surface area contributed by atoms with Gasteiger partial charge in [0.15, 0.2) is 0 Å². The van der Waals surface area contributed by atoms with Crippen LogP contribution in [0.1, 0.15) is 32.7 Å². The van der Waals surface area contributed by atoms with E-state index in [0.29, 0.717) is 40.7 Å². The van der Waals surface area contributed by atoms with Gasteiger partial charge in [-0.3, -0.25) is 14.2 Å². The minimum Gasteiger partial charge on any atom is -0.351 e. The van der Waals surface area contributed by atoms with Crippen molar-refractivity contribution in [3.8, 4) is 11.3 Å². The zero-order valence-electron chi connectivity index (χ0n) is 16.5. The van der Waals surface area contributed by atoms with E-state index in [2.05, 4.69) is 20.4 Å². The largest absolute Gasteiger partial charge is 0.351 e. The molecule has 1 unspecified atom stereocenters. The molecule has 3 aromatic rings. The summed E-state index contributed by atoms with van der Waals surface area (Å²) in [5, 5.41) is 7.90. The lowest BCUT2D eigenvalue weighted by atomic mass is 10.1. The molecule has 29 heavy (non-hydrogen) atoms. The maximum Gasteiger partial charge on any atom is 0.277 e. The summed E-state index contributed by atoms with van der Waals surface area (Å²) in [4.78, 5) is 35.1. The fourth-order valence-corrected chi connectivity index (χ4v) is 3.59. The van der Waals surface area contributed by atoms with Crippen molar-refractivity contribution in [1.29, 1.82) is 0 Å². The van der Waals surface area contributed by atoms with Gasteiger partial charge >= 0.3 is 0 Å². The number of piperidine rings is 1. The molecule has 0 radical (unpaired) electrons. The van der Waals surface area contributed by atoms with Gasteiger partial charge in [0.2, 0.25) is 11.9 Å². The number of fused-ring (bicyclic) bond motifs is 1. The molecule has 0 aromatic carbocycles. The third-order valence-electron chi connectivity index (χ3n) is 5.12. The summed E-state index contributed by atoms with van der Waals surface area (Å²) in [6.45, 7) is 4.54. The Bertz CT molecular complexity index is 1140. The zero-order chi connectivity index (χ0) is 20.7. The fraction of sp³-hybridized carbons (Fsp3) is 0.421. The van der Waals surface area contributed by atoms with Crippen molar-refractivity contribution in [1.82, 2.24) is 29.0 Å². The molecule has 3 aromatic heterocycles. The van der Waals surface area contributed by atoms with Gasteiger partial charge in [-0.2, -0.15) is 5.10 Å². The van der Waals surface area contributed by atoms with Gasteiger partial charge in [0.25, 0.3) is 5.56 Å². The van der Waals surface area contributed by atoms with Crippen molar-refractivity contribution < 1.29 is 4.79 Å². The minimum absolute atomic E-state index is 0.00837. The van der Waals surface area contributed by atoms with Crippen LogP contribution in [0.25, 0.3) is 16.8 Å². The summed E-state index contributed by atoms with van der Waals surface area (Å²) in [6.07, 6.45) is 5.98. The first-order valence-corrected chi connectivity index (χ1v) is 9.84. The fourth-order valence-electron chi connectivity index (χ4n) is 3.39. The first-order chi connectivity index (χ1) is 13.8. The molecular formula is C19H22ClN7O2. The molecule has 1 saturated heterocycles. The number of nitrogens with one attached hydrogen (secondary N) is 1. The van der Waals surface area contributed by atoms with E-state index in [1.54, 1.807) is 28.8 Å². The van der Waals surface area contributed by atoms with E-state index in [4.69, 9.17) is 11.6 Å². The van der Waals surface area contributed by atoms with Crippen LogP contribution in [0, 0.1) is 0 Å². The number of hydrogen-bond acceptors (Lipinski definition) is 6. The van der Waals surface area contributed by atoms with E-state index in [-0.39, 0.29) is 23.6 Å². The monoisotopic (exact) mass is 415 g/mol. The standard InChI is InChI=1S/C19H22ClN7O2/c1-11(2)26-10-22-27-9-12(6-15(27)18(26)29)17-14(20)8-21-19(24-17)23-13-4-5-25(3)16(28)7-13/h6,8-11,13H,4-5,7H2,1-3H3,(H,21,23,24). The molecule has 4 heterocycles. The molecule has 9 nitrogen and oxygen atoms in total. The lowest BCUT2D eigenvalue weighted by Gasteiger charge is -2.29. The molecule has 0 aliphatic carbocycles. The van der Waals surface area contributed by atoms with Crippen LogP contribution in [0.2, 0.25) is 5.02 Å². The Balaban J connectivity index is 1.66. The van der Waals surface area contributed by atoms with Crippen LogP contribution in [0.4, 0.5) is 5.95 Å². The Hall–Kier alpha value is -2.94. The number of hydrogen-bond donors (Lipinski definition) is 1. The Morgan fingerprint density at radius 1 is 1.31 bits per heavy atom. The molecule has 1 aliphatic heterocycles. The normalized spacial score (nSPS) is 17.3. The van der Waals surface area contributed by atoms with E-state index in [9.17, 15) is 9.59 Å². The Kier molecular flexibility index (Phi) is 4.99. The summed E-state index contributed by atoms with van der Waals surface area (Å²) >= 11 is 6.34. The molecule has 1 aliphatic rings. The van der Waals surface area contributed by atoms with Gasteiger partial charge in [-0.1, -0.05) is 11.6 Å². The maximum absolute atomic E-state index is 12.7. The first kappa shape index (κ1) is 19.4. The average Bonchev–Trinajstić information content (AvgIpc) is 3.11. The number of carbonyl (C=O) groups excluding carboxylic acids is 1. The third-order valence-corrected chi connectivity index (χ3v) is 5.40. The number of carbonyl (C=O) groups is 1. The van der Waals surface area contributed by atoms with Crippen LogP contribution in [0.15, 0.2) is 29.6 Å². The number of amides is 1. The van der Waals surface area contributed by atoms with Gasteiger partial charge in [0, 0.05) is 43.9 Å². The molecule has 152 valence electrons. The van der Waals surface area contributed by atoms with E-state index in [1.807, 2.05) is 13.8 Å². The highest BCUT2D eigenvalue weighted by molar-refractivity contribution is 6.32. The summed E-state index contributed by atoms with van der Waals surface area (Å²) in [5.74, 6) is 0.490. The number of halogens is 1. The Morgan fingerprint density at radius 2 is 2.10 bits per heavy atom. The highest BCUT2D eigenvalue weighted by atomic mass is 35.5. The minimum atomic E-state index is -0.130. The molecular weight excluding hydrogens is 394 g/mol. The summed E-state index contributed by atoms with van der Waals surface area (Å²) < 4.78 is 3.10. The summed E-state index contributed by atoms with van der Waals surface area (Å²) in [6, 6.07) is 1.71. The highest BCUT2D eigenvalue weighted by Crippen LogP contribution is 2.28. The SMILES string of the molecule is CC(C)n1cnn2cc(-c3nc(NC4CCN(C)C(=O)C4)ncc3Cl)cc2c1=O. The smallest absolute Gasteiger partial charge is 0.277 e. The molecule has 1 amide bonds. The second-order valence-electron chi connectivity index (χ2n) is 7.54. The van der Waals surface area contributed by atoms with Gasteiger partial charge in [-0.15, -0.1) is 0 Å². The van der Waals surface area contributed by atoms with Crippen molar-refractivity contribution in [2.45, 2.75) is 38.8 Å². The summed E-state index contributed by atoms with van der Waals surface area (Å²) in [5.41, 5.74) is 1.49. The van der Waals surface area contributed by atoms with Gasteiger partial charge in [-0.25, -0.2) is 14.5 Å². The second-order valence-corrected chi connectivity index (χ2v) is 7.94. The van der Waals surface area contributed by atoms with Crippen molar-refractivity contribution in [3.63, 3.8) is 0 Å². The highest BCUT2D eigenvalue weighted by Gasteiger charge is 2.24. The molecule has 0 spiro atoms. The second kappa shape index (κ2) is 7.47. The number of likely N-dealkylation sites (tertiary alicyclic amines) is 1. The number of anilines is 1. The lowest BCUT2D eigenvalue weighted by Crippen LogP contribution is -2.41. The molecule has 1 atom stereocenters. The quantitative estimate of drug-likeness (QED) is 0.701. The molecule has 1 N–H and O–H groups in total. The Morgan fingerprint density at radius 3 is 2.83 bits per heavy atom. The topological polar surface area (TPSA) is 97.4 Å². The lowest BCUT2D eigenvalue weighted by molar-refractivity contribution is -0.132. The van der Waals surface area contributed by atoms with Crippen molar-refractivity contribution >= 4 is 29.0 Å². The van der Waals surface area contributed by atoms with Crippen molar-refractivity contribution in [3.05, 3.63) is 40.2 Å². The van der Waals surface area contributed by atoms with Gasteiger partial charge < -0.3 is 10.2 Å². The third kappa shape index (κ3) is 3.69. The van der Waals surface area contributed by atoms with Crippen LogP contribution in [0.5, 0.6) is 0 Å². The number of rotatable bonds is 4. The molecule has 0 saturated carbocycles. The van der Waals surface area contributed by atoms with E-state index in [1.165, 1.54) is 17.0 Å². The van der Waals surface area contributed by atoms with Crippen LogP contribution in [0.3, 0.4) is 0 Å². The molecule has 4 rings (SSSR count).